The van der Waals surface area contributed by atoms with Gasteiger partial charge in [-0.3, -0.25) is 0 Å². The molecule has 0 radical (unpaired) electrons. The summed E-state index contributed by atoms with van der Waals surface area (Å²) in [5, 5.41) is 0. The zero-order valence-corrected chi connectivity index (χ0v) is 13.4. The molecule has 2 saturated heterocycles. The molecule has 2 rings (SSSR count). The summed E-state index contributed by atoms with van der Waals surface area (Å²) in [6, 6.07) is 0. The first-order chi connectivity index (χ1) is 9.01. The average molecular weight is 329 g/mol. The molecule has 6 heteroatoms. The van der Waals surface area contributed by atoms with E-state index in [4.69, 9.17) is 27.9 Å². The Kier molecular flexibility index (Phi) is 5.43. The van der Waals surface area contributed by atoms with Crippen molar-refractivity contribution in [2.45, 2.75) is 38.2 Å². The molecule has 0 N–H and O–H groups in total. The van der Waals surface area contributed by atoms with Crippen LogP contribution in [0.1, 0.15) is 32.1 Å². The van der Waals surface area contributed by atoms with Crippen molar-refractivity contribution in [2.75, 3.05) is 29.9 Å². The maximum Gasteiger partial charge on any atom is 0.150 e. The highest BCUT2D eigenvalue weighted by molar-refractivity contribution is 7.91. The second kappa shape index (κ2) is 6.50. The second-order valence-corrected chi connectivity index (χ2v) is 8.67. The SMILES string of the molecule is O=S1(=O)CCC(C(CCl)(CCl)CCC2CCCO2)C1. The molecule has 3 nitrogen and oxygen atoms in total. The molecule has 2 aliphatic rings. The van der Waals surface area contributed by atoms with E-state index < -0.39 is 9.84 Å². The van der Waals surface area contributed by atoms with Crippen LogP contribution in [-0.2, 0) is 14.6 Å². The number of ether oxygens (including phenoxy) is 1. The van der Waals surface area contributed by atoms with Gasteiger partial charge in [0.25, 0.3) is 0 Å². The van der Waals surface area contributed by atoms with E-state index in [1.54, 1.807) is 0 Å². The lowest BCUT2D eigenvalue weighted by molar-refractivity contribution is 0.0849. The number of rotatable bonds is 6. The quantitative estimate of drug-likeness (QED) is 0.704. The Hall–Kier alpha value is 0.490. The molecule has 2 heterocycles. The molecule has 2 aliphatic heterocycles. The average Bonchev–Trinajstić information content (AvgIpc) is 3.01. The Morgan fingerprint density at radius 2 is 1.95 bits per heavy atom. The van der Waals surface area contributed by atoms with Crippen LogP contribution in [0.5, 0.6) is 0 Å². The van der Waals surface area contributed by atoms with Gasteiger partial charge in [-0.25, -0.2) is 8.42 Å². The van der Waals surface area contributed by atoms with E-state index in [1.807, 2.05) is 0 Å². The van der Waals surface area contributed by atoms with Crippen LogP contribution < -0.4 is 0 Å². The Morgan fingerprint density at radius 3 is 2.42 bits per heavy atom. The highest BCUT2D eigenvalue weighted by atomic mass is 35.5. The van der Waals surface area contributed by atoms with Crippen molar-refractivity contribution in [3.05, 3.63) is 0 Å². The summed E-state index contributed by atoms with van der Waals surface area (Å²) >= 11 is 12.3. The van der Waals surface area contributed by atoms with Gasteiger partial charge in [0.15, 0.2) is 9.84 Å². The van der Waals surface area contributed by atoms with Gasteiger partial charge in [-0.15, -0.1) is 23.2 Å². The fourth-order valence-corrected chi connectivity index (χ4v) is 6.12. The van der Waals surface area contributed by atoms with E-state index in [-0.39, 0.29) is 22.8 Å². The molecule has 0 aromatic carbocycles. The smallest absolute Gasteiger partial charge is 0.150 e. The van der Waals surface area contributed by atoms with Crippen LogP contribution in [0.4, 0.5) is 0 Å². The van der Waals surface area contributed by atoms with Gasteiger partial charge in [-0.05, 0) is 38.0 Å². The second-order valence-electron chi connectivity index (χ2n) is 5.90. The summed E-state index contributed by atoms with van der Waals surface area (Å²) in [5.74, 6) is 1.51. The standard InChI is InChI=1S/C13H22Cl2O3S/c14-9-13(10-15,5-3-12-2-1-6-18-12)11-4-7-19(16,17)8-11/h11-12H,1-10H2. The lowest BCUT2D eigenvalue weighted by Crippen LogP contribution is -2.36. The van der Waals surface area contributed by atoms with E-state index in [0.717, 1.165) is 32.3 Å². The van der Waals surface area contributed by atoms with E-state index >= 15 is 0 Å². The monoisotopic (exact) mass is 328 g/mol. The predicted molar refractivity (Wildman–Crippen MR) is 78.8 cm³/mol. The molecule has 2 fully saturated rings. The molecule has 0 aromatic heterocycles. The highest BCUT2D eigenvalue weighted by Crippen LogP contribution is 2.42. The summed E-state index contributed by atoms with van der Waals surface area (Å²) in [7, 11) is -2.88. The molecule has 2 atom stereocenters. The van der Waals surface area contributed by atoms with E-state index in [2.05, 4.69) is 0 Å². The zero-order valence-electron chi connectivity index (χ0n) is 11.1. The Bertz CT molecular complexity index is 387. The minimum absolute atomic E-state index is 0.105. The molecule has 0 saturated carbocycles. The molecule has 112 valence electrons. The minimum Gasteiger partial charge on any atom is -0.378 e. The number of hydrogen-bond donors (Lipinski definition) is 0. The highest BCUT2D eigenvalue weighted by Gasteiger charge is 2.43. The van der Waals surface area contributed by atoms with Crippen LogP contribution in [0.25, 0.3) is 0 Å². The lowest BCUT2D eigenvalue weighted by atomic mass is 9.74. The van der Waals surface area contributed by atoms with E-state index in [9.17, 15) is 8.42 Å². The van der Waals surface area contributed by atoms with Crippen LogP contribution in [0.3, 0.4) is 0 Å². The summed E-state index contributed by atoms with van der Waals surface area (Å²) < 4.78 is 29.0. The molecule has 0 bridgehead atoms. The largest absolute Gasteiger partial charge is 0.378 e. The Morgan fingerprint density at radius 1 is 1.21 bits per heavy atom. The van der Waals surface area contributed by atoms with E-state index in [0.29, 0.717) is 24.3 Å². The zero-order chi connectivity index (χ0) is 13.9. The van der Waals surface area contributed by atoms with Crippen molar-refractivity contribution in [2.24, 2.45) is 11.3 Å². The summed E-state index contributed by atoms with van der Waals surface area (Å²) in [5.41, 5.74) is -0.251. The maximum absolute atomic E-state index is 11.7. The molecule has 19 heavy (non-hydrogen) atoms. The summed E-state index contributed by atoms with van der Waals surface area (Å²) in [4.78, 5) is 0. The van der Waals surface area contributed by atoms with Gasteiger partial charge < -0.3 is 4.74 Å². The number of alkyl halides is 2. The number of sulfone groups is 1. The van der Waals surface area contributed by atoms with E-state index in [1.165, 1.54) is 0 Å². The van der Waals surface area contributed by atoms with Crippen LogP contribution in [0, 0.1) is 11.3 Å². The maximum atomic E-state index is 11.7. The summed E-state index contributed by atoms with van der Waals surface area (Å²) in [6.45, 7) is 0.844. The van der Waals surface area contributed by atoms with Crippen LogP contribution in [-0.4, -0.2) is 44.4 Å². The molecule has 0 aliphatic carbocycles. The third kappa shape index (κ3) is 3.78. The van der Waals surface area contributed by atoms with Gasteiger partial charge in [0.05, 0.1) is 17.6 Å². The number of halogens is 2. The van der Waals surface area contributed by atoms with Crippen molar-refractivity contribution in [1.82, 2.24) is 0 Å². The molecular weight excluding hydrogens is 307 g/mol. The van der Waals surface area contributed by atoms with Crippen molar-refractivity contribution < 1.29 is 13.2 Å². The topological polar surface area (TPSA) is 43.4 Å². The molecular formula is C13H22Cl2O3S. The minimum atomic E-state index is -2.88. The fourth-order valence-electron chi connectivity index (χ4n) is 3.19. The molecule has 0 aromatic rings. The first-order valence-electron chi connectivity index (χ1n) is 6.95. The van der Waals surface area contributed by atoms with Crippen LogP contribution >= 0.6 is 23.2 Å². The summed E-state index contributed by atoms with van der Waals surface area (Å²) in [6.07, 6.45) is 5.04. The van der Waals surface area contributed by atoms with Crippen molar-refractivity contribution in [3.8, 4) is 0 Å². The van der Waals surface area contributed by atoms with Crippen molar-refractivity contribution in [3.63, 3.8) is 0 Å². The normalized spacial score (nSPS) is 30.8. The van der Waals surface area contributed by atoms with Gasteiger partial charge >= 0.3 is 0 Å². The Labute approximate surface area is 125 Å². The third-order valence-corrected chi connectivity index (χ3v) is 7.45. The van der Waals surface area contributed by atoms with Gasteiger partial charge in [0.1, 0.15) is 0 Å². The van der Waals surface area contributed by atoms with Gasteiger partial charge in [-0.2, -0.15) is 0 Å². The van der Waals surface area contributed by atoms with Crippen LogP contribution in [0.2, 0.25) is 0 Å². The lowest BCUT2D eigenvalue weighted by Gasteiger charge is -2.36. The van der Waals surface area contributed by atoms with Gasteiger partial charge in [-0.1, -0.05) is 0 Å². The first-order valence-corrected chi connectivity index (χ1v) is 9.84. The van der Waals surface area contributed by atoms with Gasteiger partial charge in [0, 0.05) is 23.8 Å². The molecule has 2 unspecified atom stereocenters. The predicted octanol–water partition coefficient (Wildman–Crippen LogP) is 2.84. The number of hydrogen-bond acceptors (Lipinski definition) is 3. The Balaban J connectivity index is 2.00. The molecule has 0 spiro atoms. The van der Waals surface area contributed by atoms with Crippen molar-refractivity contribution in [1.29, 1.82) is 0 Å². The third-order valence-electron chi connectivity index (χ3n) is 4.62. The fraction of sp³-hybridized carbons (Fsp3) is 1.00. The first kappa shape index (κ1) is 15.9. The van der Waals surface area contributed by atoms with Crippen LogP contribution in [0.15, 0.2) is 0 Å². The van der Waals surface area contributed by atoms with Gasteiger partial charge in [0.2, 0.25) is 0 Å². The van der Waals surface area contributed by atoms with Crippen molar-refractivity contribution >= 4 is 33.0 Å². The molecule has 0 amide bonds.